The third-order valence-electron chi connectivity index (χ3n) is 4.10. The Morgan fingerprint density at radius 3 is 2.83 bits per heavy atom. The Hall–Kier alpha value is -0.120. The second-order valence-electron chi connectivity index (χ2n) is 6.31. The van der Waals surface area contributed by atoms with Crippen LogP contribution in [0.25, 0.3) is 0 Å². The molecule has 1 atom stereocenters. The Morgan fingerprint density at radius 2 is 2.00 bits per heavy atom. The van der Waals surface area contributed by atoms with Crippen LogP contribution in [0.3, 0.4) is 0 Å². The monoisotopic (exact) mass is 254 g/mol. The van der Waals surface area contributed by atoms with Crippen LogP contribution in [0.1, 0.15) is 39.5 Å². The molecular weight excluding hydrogens is 224 g/mol. The predicted molar refractivity (Wildman–Crippen MR) is 75.9 cm³/mol. The molecule has 0 N–H and O–H groups in total. The van der Waals surface area contributed by atoms with Crippen molar-refractivity contribution in [3.8, 4) is 0 Å². The molecule has 2 fully saturated rings. The molecule has 0 aliphatic carbocycles. The molecule has 2 heterocycles. The molecule has 0 radical (unpaired) electrons. The first-order valence-electron chi connectivity index (χ1n) is 7.80. The standard InChI is InChI=1S/C15H30N2O/c1-14(2)13-18-11-5-8-16-7-4-10-17-9-3-6-15(17)12-16/h14-15H,3-13H2,1-2H3. The highest BCUT2D eigenvalue weighted by molar-refractivity contribution is 4.84. The zero-order valence-corrected chi connectivity index (χ0v) is 12.2. The largest absolute Gasteiger partial charge is 0.381 e. The number of hydrogen-bond acceptors (Lipinski definition) is 3. The van der Waals surface area contributed by atoms with Crippen molar-refractivity contribution in [2.24, 2.45) is 5.92 Å². The lowest BCUT2D eigenvalue weighted by Crippen LogP contribution is -2.37. The summed E-state index contributed by atoms with van der Waals surface area (Å²) in [4.78, 5) is 5.37. The Labute approximate surface area is 112 Å². The molecule has 0 bridgehead atoms. The van der Waals surface area contributed by atoms with E-state index in [1.54, 1.807) is 0 Å². The lowest BCUT2D eigenvalue weighted by atomic mass is 10.2. The zero-order chi connectivity index (χ0) is 12.8. The van der Waals surface area contributed by atoms with Crippen molar-refractivity contribution in [2.75, 3.05) is 45.9 Å². The van der Waals surface area contributed by atoms with Crippen LogP contribution in [0.5, 0.6) is 0 Å². The van der Waals surface area contributed by atoms with Crippen molar-refractivity contribution in [2.45, 2.75) is 45.6 Å². The van der Waals surface area contributed by atoms with Crippen LogP contribution in [-0.4, -0.2) is 61.8 Å². The van der Waals surface area contributed by atoms with Crippen molar-refractivity contribution in [1.82, 2.24) is 9.80 Å². The summed E-state index contributed by atoms with van der Waals surface area (Å²) in [5, 5.41) is 0. The first-order valence-corrected chi connectivity index (χ1v) is 7.80. The van der Waals surface area contributed by atoms with Crippen LogP contribution in [0, 0.1) is 5.92 Å². The first-order chi connectivity index (χ1) is 8.75. The molecule has 106 valence electrons. The minimum absolute atomic E-state index is 0.662. The van der Waals surface area contributed by atoms with Crippen LogP contribution >= 0.6 is 0 Å². The van der Waals surface area contributed by atoms with Gasteiger partial charge in [-0.15, -0.1) is 0 Å². The number of nitrogens with zero attached hydrogens (tertiary/aromatic N) is 2. The van der Waals surface area contributed by atoms with Gasteiger partial charge in [0.25, 0.3) is 0 Å². The molecule has 1 unspecified atom stereocenters. The number of ether oxygens (including phenoxy) is 1. The second kappa shape index (κ2) is 7.46. The van der Waals surface area contributed by atoms with Gasteiger partial charge in [-0.3, -0.25) is 4.90 Å². The Balaban J connectivity index is 1.60. The van der Waals surface area contributed by atoms with Crippen LogP contribution in [0.4, 0.5) is 0 Å². The minimum atomic E-state index is 0.662. The minimum Gasteiger partial charge on any atom is -0.381 e. The predicted octanol–water partition coefficient (Wildman–Crippen LogP) is 2.22. The molecule has 0 aromatic carbocycles. The number of fused-ring (bicyclic) bond motifs is 1. The van der Waals surface area contributed by atoms with Gasteiger partial charge in [0.05, 0.1) is 0 Å². The lowest BCUT2D eigenvalue weighted by molar-refractivity contribution is 0.0982. The van der Waals surface area contributed by atoms with Crippen molar-refractivity contribution in [3.05, 3.63) is 0 Å². The van der Waals surface area contributed by atoms with E-state index in [4.69, 9.17) is 4.74 Å². The average molecular weight is 254 g/mol. The van der Waals surface area contributed by atoms with E-state index in [9.17, 15) is 0 Å². The average Bonchev–Trinajstić information content (AvgIpc) is 2.67. The molecule has 0 saturated carbocycles. The number of rotatable bonds is 6. The van der Waals surface area contributed by atoms with Gasteiger partial charge in [-0.1, -0.05) is 13.8 Å². The van der Waals surface area contributed by atoms with Gasteiger partial charge in [0.1, 0.15) is 0 Å². The summed E-state index contributed by atoms with van der Waals surface area (Å²) in [7, 11) is 0. The van der Waals surface area contributed by atoms with E-state index in [-0.39, 0.29) is 0 Å². The second-order valence-corrected chi connectivity index (χ2v) is 6.31. The van der Waals surface area contributed by atoms with E-state index in [2.05, 4.69) is 23.6 Å². The van der Waals surface area contributed by atoms with Crippen LogP contribution in [0.2, 0.25) is 0 Å². The van der Waals surface area contributed by atoms with E-state index >= 15 is 0 Å². The fraction of sp³-hybridized carbons (Fsp3) is 1.00. The molecule has 3 heteroatoms. The highest BCUT2D eigenvalue weighted by Crippen LogP contribution is 2.21. The molecule has 0 spiro atoms. The number of hydrogen-bond donors (Lipinski definition) is 0. The van der Waals surface area contributed by atoms with E-state index < -0.39 is 0 Å². The fourth-order valence-electron chi connectivity index (χ4n) is 3.20. The van der Waals surface area contributed by atoms with Crippen molar-refractivity contribution in [3.63, 3.8) is 0 Å². The maximum atomic E-state index is 5.67. The molecule has 0 aromatic heterocycles. The lowest BCUT2D eigenvalue weighted by Gasteiger charge is -2.25. The molecule has 2 saturated heterocycles. The van der Waals surface area contributed by atoms with Gasteiger partial charge in [0.2, 0.25) is 0 Å². The van der Waals surface area contributed by atoms with Crippen LogP contribution in [-0.2, 0) is 4.74 Å². The molecule has 2 rings (SSSR count). The van der Waals surface area contributed by atoms with E-state index in [1.807, 2.05) is 0 Å². The molecule has 3 nitrogen and oxygen atoms in total. The van der Waals surface area contributed by atoms with Crippen molar-refractivity contribution < 1.29 is 4.74 Å². The fourth-order valence-corrected chi connectivity index (χ4v) is 3.20. The summed E-state index contributed by atoms with van der Waals surface area (Å²) in [5.74, 6) is 0.662. The van der Waals surface area contributed by atoms with Crippen LogP contribution < -0.4 is 0 Å². The van der Waals surface area contributed by atoms with E-state index in [0.29, 0.717) is 5.92 Å². The summed E-state index contributed by atoms with van der Waals surface area (Å²) in [6, 6.07) is 0.851. The van der Waals surface area contributed by atoms with Gasteiger partial charge in [-0.25, -0.2) is 0 Å². The highest BCUT2D eigenvalue weighted by atomic mass is 16.5. The normalized spacial score (nSPS) is 26.5. The van der Waals surface area contributed by atoms with Crippen LogP contribution in [0.15, 0.2) is 0 Å². The topological polar surface area (TPSA) is 15.7 Å². The summed E-state index contributed by atoms with van der Waals surface area (Å²) in [6.07, 6.45) is 5.37. The third kappa shape index (κ3) is 4.52. The maximum absolute atomic E-state index is 5.67. The maximum Gasteiger partial charge on any atom is 0.0489 e. The Kier molecular flexibility index (Phi) is 5.93. The summed E-state index contributed by atoms with van der Waals surface area (Å²) >= 11 is 0. The van der Waals surface area contributed by atoms with Gasteiger partial charge in [0, 0.05) is 32.3 Å². The molecular formula is C15H30N2O. The Bertz CT molecular complexity index is 233. The van der Waals surface area contributed by atoms with E-state index in [0.717, 1.165) is 19.3 Å². The highest BCUT2D eigenvalue weighted by Gasteiger charge is 2.28. The Morgan fingerprint density at radius 1 is 1.17 bits per heavy atom. The molecule has 18 heavy (non-hydrogen) atoms. The smallest absolute Gasteiger partial charge is 0.0489 e. The van der Waals surface area contributed by atoms with Crippen molar-refractivity contribution in [1.29, 1.82) is 0 Å². The zero-order valence-electron chi connectivity index (χ0n) is 12.2. The van der Waals surface area contributed by atoms with E-state index in [1.165, 1.54) is 58.4 Å². The third-order valence-corrected chi connectivity index (χ3v) is 4.10. The molecule has 2 aliphatic rings. The van der Waals surface area contributed by atoms with Gasteiger partial charge in [-0.05, 0) is 51.2 Å². The molecule has 0 amide bonds. The van der Waals surface area contributed by atoms with Gasteiger partial charge in [0.15, 0.2) is 0 Å². The van der Waals surface area contributed by atoms with Gasteiger partial charge in [-0.2, -0.15) is 0 Å². The van der Waals surface area contributed by atoms with Gasteiger partial charge < -0.3 is 9.64 Å². The first kappa shape index (κ1) is 14.3. The van der Waals surface area contributed by atoms with Gasteiger partial charge >= 0.3 is 0 Å². The molecule has 0 aromatic rings. The quantitative estimate of drug-likeness (QED) is 0.676. The molecule has 2 aliphatic heterocycles. The summed E-state index contributed by atoms with van der Waals surface area (Å²) in [5.41, 5.74) is 0. The summed E-state index contributed by atoms with van der Waals surface area (Å²) < 4.78 is 5.67. The summed E-state index contributed by atoms with van der Waals surface area (Å²) in [6.45, 7) is 12.7. The van der Waals surface area contributed by atoms with Crippen molar-refractivity contribution >= 4 is 0 Å². The SMILES string of the molecule is CC(C)COCCCN1CCCN2CCCC2C1.